The molecule has 0 saturated carbocycles. The van der Waals surface area contributed by atoms with Crippen molar-refractivity contribution in [1.29, 1.82) is 0 Å². The largest absolute Gasteiger partial charge is 0.352 e. The first-order valence-corrected chi connectivity index (χ1v) is 7.09. The molecule has 2 rings (SSSR count). The van der Waals surface area contributed by atoms with Gasteiger partial charge in [0.15, 0.2) is 9.03 Å². The molecule has 2 N–H and O–H groups in total. The topological polar surface area (TPSA) is 49.7 Å². The van der Waals surface area contributed by atoms with E-state index in [-0.39, 0.29) is 0 Å². The van der Waals surface area contributed by atoms with Crippen LogP contribution in [0.5, 0.6) is 0 Å². The van der Waals surface area contributed by atoms with Crippen molar-refractivity contribution in [3.05, 3.63) is 54.6 Å². The number of rotatable bonds is 4. The highest BCUT2D eigenvalue weighted by molar-refractivity contribution is 7.60. The molecule has 0 spiro atoms. The summed E-state index contributed by atoms with van der Waals surface area (Å²) in [5.41, 5.74) is 1.95. The fourth-order valence-corrected chi connectivity index (χ4v) is 2.92. The summed E-state index contributed by atoms with van der Waals surface area (Å²) in [7, 11) is -2.46. The molecule has 0 heterocycles. The van der Waals surface area contributed by atoms with Gasteiger partial charge in [0.25, 0.3) is 0 Å². The van der Waals surface area contributed by atoms with Crippen LogP contribution in [0.15, 0.2) is 54.6 Å². The highest BCUT2D eigenvalue weighted by Gasteiger charge is 2.14. The van der Waals surface area contributed by atoms with Crippen LogP contribution in [0.2, 0.25) is 0 Å². The summed E-state index contributed by atoms with van der Waals surface area (Å²) in [4.78, 5) is 18.6. The lowest BCUT2D eigenvalue weighted by atomic mass is 10.1. The van der Waals surface area contributed by atoms with Crippen molar-refractivity contribution in [2.75, 3.05) is 0 Å². The van der Waals surface area contributed by atoms with Crippen LogP contribution < -0.4 is 5.30 Å². The molecule has 0 aliphatic carbocycles. The van der Waals surface area contributed by atoms with Gasteiger partial charge in [0, 0.05) is 5.30 Å². The van der Waals surface area contributed by atoms with Gasteiger partial charge in [-0.15, -0.1) is 0 Å². The Hall–Kier alpha value is -0.820. The van der Waals surface area contributed by atoms with Crippen LogP contribution >= 0.6 is 17.4 Å². The molecule has 0 fully saturated rings. The van der Waals surface area contributed by atoms with Gasteiger partial charge in [0.05, 0.1) is 0 Å². The second kappa shape index (κ2) is 6.20. The maximum absolute atomic E-state index is 9.85. The van der Waals surface area contributed by atoms with Gasteiger partial charge in [0.1, 0.15) is 0 Å². The van der Waals surface area contributed by atoms with Crippen LogP contribution in [0.3, 0.4) is 0 Å². The summed E-state index contributed by atoms with van der Waals surface area (Å²) >= 11 is 0. The third-order valence-corrected chi connectivity index (χ3v) is 4.14. The van der Waals surface area contributed by atoms with E-state index in [1.165, 1.54) is 0 Å². The summed E-state index contributed by atoms with van der Waals surface area (Å²) in [6, 6.07) is 17.3. The first-order valence-electron chi connectivity index (χ1n) is 5.02. The van der Waals surface area contributed by atoms with Crippen LogP contribution in [-0.4, -0.2) is 9.79 Å². The fourth-order valence-electron chi connectivity index (χ4n) is 1.59. The molecule has 0 amide bonds. The molecular formula is C12H12O3P2. The molecule has 0 aromatic heterocycles. The zero-order chi connectivity index (χ0) is 12.1. The van der Waals surface area contributed by atoms with E-state index >= 15 is 0 Å². The first-order chi connectivity index (χ1) is 8.33. The van der Waals surface area contributed by atoms with Crippen LogP contribution in [0.25, 0.3) is 11.1 Å². The third kappa shape index (κ3) is 3.10. The van der Waals surface area contributed by atoms with E-state index in [2.05, 4.69) is 0 Å². The predicted octanol–water partition coefficient (Wildman–Crippen LogP) is 2.80. The molecule has 0 saturated heterocycles. The zero-order valence-corrected chi connectivity index (χ0v) is 10.8. The van der Waals surface area contributed by atoms with Crippen molar-refractivity contribution in [1.82, 2.24) is 0 Å². The summed E-state index contributed by atoms with van der Waals surface area (Å²) in [5, 5.41) is 0.718. The molecule has 2 aromatic carbocycles. The quantitative estimate of drug-likeness (QED) is 0.836. The Bertz CT molecular complexity index is 476. The van der Waals surface area contributed by atoms with Crippen LogP contribution in [0, 0.1) is 0 Å². The van der Waals surface area contributed by atoms with Gasteiger partial charge in [-0.25, -0.2) is 0 Å². The standard InChI is InChI=1S/C12H12O3P2/c13-16-15-17(14)12-9-5-4-8-11(12)10-6-2-1-3-7-10/h1-9,13-14,16H. The molecule has 0 bridgehead atoms. The average Bonchev–Trinajstić information content (AvgIpc) is 2.40. The minimum atomic E-state index is -1.76. The number of hydrogen-bond acceptors (Lipinski definition) is 3. The van der Waals surface area contributed by atoms with Crippen molar-refractivity contribution >= 4 is 22.7 Å². The summed E-state index contributed by atoms with van der Waals surface area (Å²) in [6.45, 7) is 0. The normalized spacial score (nSPS) is 13.1. The molecular weight excluding hydrogens is 254 g/mol. The fraction of sp³-hybridized carbons (Fsp3) is 0. The lowest BCUT2D eigenvalue weighted by molar-refractivity contribution is 0.485. The highest BCUT2D eigenvalue weighted by Crippen LogP contribution is 2.40. The van der Waals surface area contributed by atoms with Crippen LogP contribution in [-0.2, 0) is 4.31 Å². The maximum atomic E-state index is 9.85. The Morgan fingerprint density at radius 1 is 0.941 bits per heavy atom. The first kappa shape index (κ1) is 12.6. The van der Waals surface area contributed by atoms with Gasteiger partial charge in [-0.1, -0.05) is 48.5 Å². The lowest BCUT2D eigenvalue weighted by Gasteiger charge is -2.13. The van der Waals surface area contributed by atoms with Gasteiger partial charge < -0.3 is 9.79 Å². The molecule has 88 valence electrons. The van der Waals surface area contributed by atoms with Crippen molar-refractivity contribution in [3.8, 4) is 11.1 Å². The molecule has 17 heavy (non-hydrogen) atoms. The third-order valence-electron chi connectivity index (χ3n) is 2.32. The van der Waals surface area contributed by atoms with Crippen LogP contribution in [0.1, 0.15) is 0 Å². The Balaban J connectivity index is 2.41. The van der Waals surface area contributed by atoms with Crippen molar-refractivity contribution in [3.63, 3.8) is 0 Å². The smallest absolute Gasteiger partial charge is 0.208 e. The minimum Gasteiger partial charge on any atom is -0.352 e. The number of benzene rings is 2. The van der Waals surface area contributed by atoms with E-state index in [9.17, 15) is 4.89 Å². The number of hydrogen-bond donors (Lipinski definition) is 2. The second-order valence-corrected chi connectivity index (χ2v) is 5.28. The molecule has 0 radical (unpaired) electrons. The van der Waals surface area contributed by atoms with E-state index < -0.39 is 17.4 Å². The monoisotopic (exact) mass is 266 g/mol. The molecule has 0 aliphatic rings. The molecule has 2 aromatic rings. The van der Waals surface area contributed by atoms with Gasteiger partial charge in [-0.2, -0.15) is 0 Å². The second-order valence-electron chi connectivity index (χ2n) is 3.34. The molecule has 2 atom stereocenters. The van der Waals surface area contributed by atoms with E-state index in [0.29, 0.717) is 0 Å². The van der Waals surface area contributed by atoms with Crippen molar-refractivity contribution in [2.24, 2.45) is 0 Å². The SMILES string of the molecule is OPOP(O)c1ccccc1-c1ccccc1. The van der Waals surface area contributed by atoms with E-state index in [1.807, 2.05) is 54.6 Å². The average molecular weight is 266 g/mol. The Labute approximate surface area is 103 Å². The summed E-state index contributed by atoms with van der Waals surface area (Å²) in [6.07, 6.45) is 0. The minimum absolute atomic E-state index is 0.704. The Morgan fingerprint density at radius 2 is 1.59 bits per heavy atom. The summed E-state index contributed by atoms with van der Waals surface area (Å²) < 4.78 is 4.89. The van der Waals surface area contributed by atoms with Gasteiger partial charge in [0.2, 0.25) is 8.38 Å². The Morgan fingerprint density at radius 3 is 2.29 bits per heavy atom. The molecule has 2 unspecified atom stereocenters. The van der Waals surface area contributed by atoms with Gasteiger partial charge in [-0.3, -0.25) is 4.31 Å². The van der Waals surface area contributed by atoms with Crippen LogP contribution in [0.4, 0.5) is 0 Å². The molecule has 3 nitrogen and oxygen atoms in total. The zero-order valence-electron chi connectivity index (χ0n) is 8.95. The van der Waals surface area contributed by atoms with Crippen molar-refractivity contribution in [2.45, 2.75) is 0 Å². The van der Waals surface area contributed by atoms with E-state index in [4.69, 9.17) is 9.20 Å². The van der Waals surface area contributed by atoms with Crippen molar-refractivity contribution < 1.29 is 14.1 Å². The van der Waals surface area contributed by atoms with Gasteiger partial charge in [-0.05, 0) is 17.2 Å². The maximum Gasteiger partial charge on any atom is 0.208 e. The summed E-state index contributed by atoms with van der Waals surface area (Å²) in [5.74, 6) is 0. The lowest BCUT2D eigenvalue weighted by Crippen LogP contribution is -2.04. The molecule has 0 aliphatic heterocycles. The van der Waals surface area contributed by atoms with E-state index in [1.54, 1.807) is 0 Å². The predicted molar refractivity (Wildman–Crippen MR) is 72.3 cm³/mol. The van der Waals surface area contributed by atoms with Gasteiger partial charge >= 0.3 is 0 Å². The Kier molecular flexibility index (Phi) is 4.61. The highest BCUT2D eigenvalue weighted by atomic mass is 31.2. The molecule has 5 heteroatoms. The van der Waals surface area contributed by atoms with E-state index in [0.717, 1.165) is 16.4 Å².